The molecular weight excluding hydrogens is 254 g/mol. The quantitative estimate of drug-likeness (QED) is 0.628. The first-order valence-corrected chi connectivity index (χ1v) is 6.38. The molecule has 1 amide bonds. The second-order valence-electron chi connectivity index (χ2n) is 5.20. The Hall–Kier alpha value is -2.28. The van der Waals surface area contributed by atoms with E-state index in [1.165, 1.54) is 4.90 Å². The van der Waals surface area contributed by atoms with Gasteiger partial charge in [0.05, 0.1) is 13.1 Å². The summed E-state index contributed by atoms with van der Waals surface area (Å²) in [6.45, 7) is 5.46. The summed E-state index contributed by atoms with van der Waals surface area (Å²) >= 11 is 0. The average Bonchev–Trinajstić information content (AvgIpc) is 2.37. The lowest BCUT2D eigenvalue weighted by molar-refractivity contribution is -0.108. The zero-order valence-electron chi connectivity index (χ0n) is 12.1. The van der Waals surface area contributed by atoms with E-state index in [1.54, 1.807) is 20.8 Å². The van der Waals surface area contributed by atoms with Crippen molar-refractivity contribution in [3.05, 3.63) is 35.9 Å². The van der Waals surface area contributed by atoms with Gasteiger partial charge in [-0.15, -0.1) is 0 Å². The molecule has 0 bridgehead atoms. The first-order chi connectivity index (χ1) is 9.42. The van der Waals surface area contributed by atoms with E-state index in [-0.39, 0.29) is 13.1 Å². The molecule has 4 heteroatoms. The van der Waals surface area contributed by atoms with E-state index in [1.807, 2.05) is 30.3 Å². The monoisotopic (exact) mass is 273 g/mol. The minimum absolute atomic E-state index is 0.0294. The van der Waals surface area contributed by atoms with Crippen LogP contribution in [0.3, 0.4) is 0 Å². The molecule has 20 heavy (non-hydrogen) atoms. The van der Waals surface area contributed by atoms with Gasteiger partial charge in [0.15, 0.2) is 0 Å². The molecular formula is C16H19NO3. The van der Waals surface area contributed by atoms with Crippen molar-refractivity contribution in [2.75, 3.05) is 13.1 Å². The van der Waals surface area contributed by atoms with Crippen LogP contribution >= 0.6 is 0 Å². The van der Waals surface area contributed by atoms with Crippen LogP contribution in [0.15, 0.2) is 30.3 Å². The summed E-state index contributed by atoms with van der Waals surface area (Å²) in [6.07, 6.45) is 0.126. The highest BCUT2D eigenvalue weighted by atomic mass is 16.6. The maximum Gasteiger partial charge on any atom is 0.411 e. The summed E-state index contributed by atoms with van der Waals surface area (Å²) in [6, 6.07) is 9.45. The van der Waals surface area contributed by atoms with E-state index >= 15 is 0 Å². The normalized spacial score (nSPS) is 10.2. The largest absolute Gasteiger partial charge is 0.444 e. The Kier molecular flexibility index (Phi) is 5.79. The Balaban J connectivity index is 2.66. The van der Waals surface area contributed by atoms with Crippen molar-refractivity contribution in [3.8, 4) is 11.8 Å². The topological polar surface area (TPSA) is 46.6 Å². The van der Waals surface area contributed by atoms with Gasteiger partial charge >= 0.3 is 6.09 Å². The third-order valence-corrected chi connectivity index (χ3v) is 2.22. The standard InChI is InChI=1S/C16H19NO3/c1-16(2,3)20-15(19)17(12-13-18)11-7-10-14-8-5-4-6-9-14/h4-6,8-9,13H,11-12H2,1-3H3. The second kappa shape index (κ2) is 7.34. The van der Waals surface area contributed by atoms with Gasteiger partial charge in [-0.3, -0.25) is 4.90 Å². The van der Waals surface area contributed by atoms with Crippen molar-refractivity contribution in [2.24, 2.45) is 0 Å². The molecule has 0 spiro atoms. The fourth-order valence-electron chi connectivity index (χ4n) is 1.38. The lowest BCUT2D eigenvalue weighted by atomic mass is 10.2. The molecule has 0 aliphatic rings. The lowest BCUT2D eigenvalue weighted by Crippen LogP contribution is -2.38. The third kappa shape index (κ3) is 6.05. The molecule has 0 aliphatic heterocycles. The predicted molar refractivity (Wildman–Crippen MR) is 77.2 cm³/mol. The summed E-state index contributed by atoms with van der Waals surface area (Å²) < 4.78 is 5.22. The number of amides is 1. The zero-order valence-corrected chi connectivity index (χ0v) is 12.1. The smallest absolute Gasteiger partial charge is 0.411 e. The van der Waals surface area contributed by atoms with Crippen molar-refractivity contribution >= 4 is 12.4 Å². The first-order valence-electron chi connectivity index (χ1n) is 6.38. The van der Waals surface area contributed by atoms with Crippen LogP contribution in [0.5, 0.6) is 0 Å². The molecule has 4 nitrogen and oxygen atoms in total. The van der Waals surface area contributed by atoms with Gasteiger partial charge in [-0.05, 0) is 32.9 Å². The van der Waals surface area contributed by atoms with Crippen molar-refractivity contribution in [3.63, 3.8) is 0 Å². The summed E-state index contributed by atoms with van der Waals surface area (Å²) in [4.78, 5) is 23.8. The Labute approximate surface area is 119 Å². The van der Waals surface area contributed by atoms with Gasteiger partial charge in [-0.25, -0.2) is 4.79 Å². The molecule has 1 aromatic rings. The van der Waals surface area contributed by atoms with E-state index in [0.29, 0.717) is 6.29 Å². The van der Waals surface area contributed by atoms with Crippen LogP contribution in [-0.4, -0.2) is 36.0 Å². The van der Waals surface area contributed by atoms with Crippen LogP contribution in [0.2, 0.25) is 0 Å². The first kappa shape index (κ1) is 15.8. The Morgan fingerprint density at radius 1 is 1.30 bits per heavy atom. The number of ether oxygens (including phenoxy) is 1. The molecule has 0 saturated carbocycles. The molecule has 0 heterocycles. The summed E-state index contributed by atoms with van der Waals surface area (Å²) in [5.41, 5.74) is 0.271. The minimum Gasteiger partial charge on any atom is -0.444 e. The number of carbonyl (C=O) groups excluding carboxylic acids is 2. The Morgan fingerprint density at radius 2 is 1.95 bits per heavy atom. The van der Waals surface area contributed by atoms with E-state index in [0.717, 1.165) is 5.56 Å². The minimum atomic E-state index is -0.592. The van der Waals surface area contributed by atoms with Crippen molar-refractivity contribution in [2.45, 2.75) is 26.4 Å². The fraction of sp³-hybridized carbons (Fsp3) is 0.375. The number of carbonyl (C=O) groups is 2. The molecule has 0 saturated heterocycles. The number of nitrogens with zero attached hydrogens (tertiary/aromatic N) is 1. The molecule has 0 aromatic heterocycles. The molecule has 0 atom stereocenters. The van der Waals surface area contributed by atoms with Crippen molar-refractivity contribution in [1.29, 1.82) is 0 Å². The van der Waals surface area contributed by atoms with Crippen LogP contribution in [-0.2, 0) is 9.53 Å². The summed E-state index contributed by atoms with van der Waals surface area (Å²) in [5.74, 6) is 5.81. The maximum absolute atomic E-state index is 11.9. The van der Waals surface area contributed by atoms with Crippen LogP contribution in [0.1, 0.15) is 26.3 Å². The number of hydrogen-bond donors (Lipinski definition) is 0. The van der Waals surface area contributed by atoms with Gasteiger partial charge in [0.1, 0.15) is 11.9 Å². The SMILES string of the molecule is CC(C)(C)OC(=O)N(CC#Cc1ccccc1)CC=O. The predicted octanol–water partition coefficient (Wildman–Crippen LogP) is 2.47. The van der Waals surface area contributed by atoms with Gasteiger partial charge in [-0.1, -0.05) is 30.0 Å². The summed E-state index contributed by atoms with van der Waals surface area (Å²) in [5, 5.41) is 0. The molecule has 106 valence electrons. The zero-order chi connectivity index (χ0) is 15.0. The number of rotatable bonds is 3. The molecule has 1 aromatic carbocycles. The third-order valence-electron chi connectivity index (χ3n) is 2.22. The van der Waals surface area contributed by atoms with Crippen molar-refractivity contribution < 1.29 is 14.3 Å². The van der Waals surface area contributed by atoms with E-state index < -0.39 is 11.7 Å². The van der Waals surface area contributed by atoms with E-state index in [4.69, 9.17) is 4.74 Å². The van der Waals surface area contributed by atoms with E-state index in [9.17, 15) is 9.59 Å². The van der Waals surface area contributed by atoms with Crippen LogP contribution in [0, 0.1) is 11.8 Å². The molecule has 0 fully saturated rings. The van der Waals surface area contributed by atoms with Crippen molar-refractivity contribution in [1.82, 2.24) is 4.90 Å². The van der Waals surface area contributed by atoms with Gasteiger partial charge in [0.25, 0.3) is 0 Å². The number of aldehydes is 1. The molecule has 0 N–H and O–H groups in total. The van der Waals surface area contributed by atoms with Gasteiger partial charge in [-0.2, -0.15) is 0 Å². The summed E-state index contributed by atoms with van der Waals surface area (Å²) in [7, 11) is 0. The van der Waals surface area contributed by atoms with E-state index in [2.05, 4.69) is 11.8 Å². The number of benzene rings is 1. The molecule has 0 aliphatic carbocycles. The lowest BCUT2D eigenvalue weighted by Gasteiger charge is -2.24. The highest BCUT2D eigenvalue weighted by molar-refractivity contribution is 5.72. The molecule has 0 radical (unpaired) electrons. The molecule has 0 unspecified atom stereocenters. The number of hydrogen-bond acceptors (Lipinski definition) is 3. The Bertz CT molecular complexity index is 506. The van der Waals surface area contributed by atoms with Crippen LogP contribution in [0.4, 0.5) is 4.79 Å². The molecule has 1 rings (SSSR count). The second-order valence-corrected chi connectivity index (χ2v) is 5.20. The van der Waals surface area contributed by atoms with Gasteiger partial charge in [0, 0.05) is 5.56 Å². The maximum atomic E-state index is 11.9. The van der Waals surface area contributed by atoms with Crippen LogP contribution in [0.25, 0.3) is 0 Å². The Morgan fingerprint density at radius 3 is 2.50 bits per heavy atom. The van der Waals surface area contributed by atoms with Gasteiger partial charge < -0.3 is 9.53 Å². The average molecular weight is 273 g/mol. The highest BCUT2D eigenvalue weighted by Crippen LogP contribution is 2.09. The van der Waals surface area contributed by atoms with Crippen LogP contribution < -0.4 is 0 Å². The van der Waals surface area contributed by atoms with Gasteiger partial charge in [0.2, 0.25) is 0 Å². The highest BCUT2D eigenvalue weighted by Gasteiger charge is 2.21. The fourth-order valence-corrected chi connectivity index (χ4v) is 1.38.